The molecule has 0 aromatic heterocycles. The maximum atomic E-state index is 11.0. The summed E-state index contributed by atoms with van der Waals surface area (Å²) in [7, 11) is 0. The van der Waals surface area contributed by atoms with Crippen molar-refractivity contribution >= 4 is 23.0 Å². The standard InChI is InChI=1S/C22H18N2O2/c23-16-18(22(25)26)15-17-11-13-21(14-12-17)24(19-7-3-1-4-8-19)20-9-5-2-6-10-20/h1-14,18H,15H2,(H,25,26). The fourth-order valence-corrected chi connectivity index (χ4v) is 2.81. The zero-order chi connectivity index (χ0) is 18.4. The van der Waals surface area contributed by atoms with Gasteiger partial charge in [-0.2, -0.15) is 5.26 Å². The monoisotopic (exact) mass is 342 g/mol. The maximum Gasteiger partial charge on any atom is 0.321 e. The number of hydrogen-bond acceptors (Lipinski definition) is 3. The lowest BCUT2D eigenvalue weighted by molar-refractivity contribution is -0.139. The summed E-state index contributed by atoms with van der Waals surface area (Å²) in [4.78, 5) is 13.2. The lowest BCUT2D eigenvalue weighted by atomic mass is 10.0. The lowest BCUT2D eigenvalue weighted by Gasteiger charge is -2.25. The molecule has 4 heteroatoms. The maximum absolute atomic E-state index is 11.0. The second kappa shape index (κ2) is 8.00. The van der Waals surface area contributed by atoms with Gasteiger partial charge in [0.15, 0.2) is 0 Å². The number of benzene rings is 3. The molecule has 0 aliphatic carbocycles. The topological polar surface area (TPSA) is 64.3 Å². The number of para-hydroxylation sites is 2. The molecule has 1 unspecified atom stereocenters. The molecule has 0 bridgehead atoms. The van der Waals surface area contributed by atoms with Crippen LogP contribution in [0, 0.1) is 17.2 Å². The second-order valence-electron chi connectivity index (χ2n) is 5.90. The molecule has 3 aromatic carbocycles. The van der Waals surface area contributed by atoms with E-state index in [0.717, 1.165) is 22.6 Å². The Morgan fingerprint density at radius 2 is 1.31 bits per heavy atom. The quantitative estimate of drug-likeness (QED) is 0.690. The molecule has 1 N–H and O–H groups in total. The van der Waals surface area contributed by atoms with Crippen LogP contribution in [0.3, 0.4) is 0 Å². The smallest absolute Gasteiger partial charge is 0.321 e. The normalized spacial score (nSPS) is 11.3. The van der Waals surface area contributed by atoms with Crippen LogP contribution in [-0.2, 0) is 11.2 Å². The van der Waals surface area contributed by atoms with E-state index >= 15 is 0 Å². The third-order valence-electron chi connectivity index (χ3n) is 4.12. The first kappa shape index (κ1) is 17.2. The molecule has 0 aliphatic heterocycles. The highest BCUT2D eigenvalue weighted by molar-refractivity contribution is 5.76. The van der Waals surface area contributed by atoms with Crippen molar-refractivity contribution in [2.24, 2.45) is 5.92 Å². The highest BCUT2D eigenvalue weighted by Crippen LogP contribution is 2.34. The molecule has 0 fully saturated rings. The van der Waals surface area contributed by atoms with Gasteiger partial charge >= 0.3 is 5.97 Å². The van der Waals surface area contributed by atoms with Gasteiger partial charge < -0.3 is 10.0 Å². The van der Waals surface area contributed by atoms with E-state index in [0.29, 0.717) is 0 Å². The van der Waals surface area contributed by atoms with E-state index < -0.39 is 11.9 Å². The molecular formula is C22H18N2O2. The average molecular weight is 342 g/mol. The van der Waals surface area contributed by atoms with Gasteiger partial charge in [-0.3, -0.25) is 4.79 Å². The van der Waals surface area contributed by atoms with Gasteiger partial charge in [-0.1, -0.05) is 48.5 Å². The molecule has 3 rings (SSSR count). The second-order valence-corrected chi connectivity index (χ2v) is 5.90. The van der Waals surface area contributed by atoms with Crippen molar-refractivity contribution < 1.29 is 9.90 Å². The number of aliphatic carboxylic acids is 1. The molecule has 0 saturated carbocycles. The van der Waals surface area contributed by atoms with Crippen LogP contribution < -0.4 is 4.90 Å². The summed E-state index contributed by atoms with van der Waals surface area (Å²) in [6.45, 7) is 0. The number of carboxylic acid groups (broad SMARTS) is 1. The van der Waals surface area contributed by atoms with Crippen LogP contribution in [0.1, 0.15) is 5.56 Å². The molecule has 128 valence electrons. The van der Waals surface area contributed by atoms with E-state index in [-0.39, 0.29) is 6.42 Å². The number of nitriles is 1. The molecular weight excluding hydrogens is 324 g/mol. The first-order valence-corrected chi connectivity index (χ1v) is 8.30. The molecule has 26 heavy (non-hydrogen) atoms. The van der Waals surface area contributed by atoms with Gasteiger partial charge in [0.2, 0.25) is 0 Å². The molecule has 3 aromatic rings. The Labute approximate surface area is 152 Å². The molecule has 0 saturated heterocycles. The number of anilines is 3. The molecule has 0 aliphatic rings. The first-order valence-electron chi connectivity index (χ1n) is 8.30. The van der Waals surface area contributed by atoms with Gasteiger partial charge in [0.1, 0.15) is 5.92 Å². The van der Waals surface area contributed by atoms with Crippen molar-refractivity contribution in [2.45, 2.75) is 6.42 Å². The molecule has 0 radical (unpaired) electrons. The Hall–Kier alpha value is -3.58. The van der Waals surface area contributed by atoms with Gasteiger partial charge in [0.05, 0.1) is 6.07 Å². The Bertz CT molecular complexity index is 861. The fraction of sp³-hybridized carbons (Fsp3) is 0.0909. The summed E-state index contributed by atoms with van der Waals surface area (Å²) in [5.74, 6) is -2.12. The van der Waals surface area contributed by atoms with E-state index in [2.05, 4.69) is 4.90 Å². The van der Waals surface area contributed by atoms with Crippen LogP contribution in [0.2, 0.25) is 0 Å². The highest BCUT2D eigenvalue weighted by atomic mass is 16.4. The van der Waals surface area contributed by atoms with Crippen molar-refractivity contribution in [1.82, 2.24) is 0 Å². The van der Waals surface area contributed by atoms with Gasteiger partial charge in [0, 0.05) is 17.1 Å². The molecule has 4 nitrogen and oxygen atoms in total. The van der Waals surface area contributed by atoms with Crippen LogP contribution in [-0.4, -0.2) is 11.1 Å². The summed E-state index contributed by atoms with van der Waals surface area (Å²) in [6.07, 6.45) is 0.197. The van der Waals surface area contributed by atoms with Gasteiger partial charge in [-0.05, 0) is 48.4 Å². The summed E-state index contributed by atoms with van der Waals surface area (Å²) in [6, 6.07) is 29.5. The number of carboxylic acids is 1. The van der Waals surface area contributed by atoms with Crippen LogP contribution in [0.25, 0.3) is 0 Å². The van der Waals surface area contributed by atoms with Crippen LogP contribution in [0.4, 0.5) is 17.1 Å². The van der Waals surface area contributed by atoms with Crippen molar-refractivity contribution in [1.29, 1.82) is 5.26 Å². The third-order valence-corrected chi connectivity index (χ3v) is 4.12. The predicted molar refractivity (Wildman–Crippen MR) is 102 cm³/mol. The summed E-state index contributed by atoms with van der Waals surface area (Å²) in [5, 5.41) is 18.0. The van der Waals surface area contributed by atoms with Crippen LogP contribution in [0.5, 0.6) is 0 Å². The fourth-order valence-electron chi connectivity index (χ4n) is 2.81. The lowest BCUT2D eigenvalue weighted by Crippen LogP contribution is -2.14. The van der Waals surface area contributed by atoms with Crippen molar-refractivity contribution in [3.8, 4) is 6.07 Å². The van der Waals surface area contributed by atoms with Crippen LogP contribution in [0.15, 0.2) is 84.9 Å². The summed E-state index contributed by atoms with van der Waals surface area (Å²) < 4.78 is 0. The Balaban J connectivity index is 1.93. The SMILES string of the molecule is N#CC(Cc1ccc(N(c2ccccc2)c2ccccc2)cc1)C(=O)O. The van der Waals surface area contributed by atoms with E-state index in [1.165, 1.54) is 0 Å². The number of nitrogens with zero attached hydrogens (tertiary/aromatic N) is 2. The van der Waals surface area contributed by atoms with Crippen molar-refractivity contribution in [3.63, 3.8) is 0 Å². The van der Waals surface area contributed by atoms with Crippen molar-refractivity contribution in [3.05, 3.63) is 90.5 Å². The minimum atomic E-state index is -1.09. The Morgan fingerprint density at radius 1 is 0.846 bits per heavy atom. The third kappa shape index (κ3) is 3.90. The van der Waals surface area contributed by atoms with E-state index in [1.807, 2.05) is 91.0 Å². The first-order chi connectivity index (χ1) is 12.7. The molecule has 0 heterocycles. The summed E-state index contributed by atoms with van der Waals surface area (Å²) >= 11 is 0. The predicted octanol–water partition coefficient (Wildman–Crippen LogP) is 4.92. The molecule has 0 amide bonds. The zero-order valence-corrected chi connectivity index (χ0v) is 14.1. The highest BCUT2D eigenvalue weighted by Gasteiger charge is 2.17. The number of rotatable bonds is 6. The van der Waals surface area contributed by atoms with Gasteiger partial charge in [-0.15, -0.1) is 0 Å². The molecule has 1 atom stereocenters. The van der Waals surface area contributed by atoms with Crippen LogP contribution >= 0.6 is 0 Å². The van der Waals surface area contributed by atoms with E-state index in [4.69, 9.17) is 10.4 Å². The van der Waals surface area contributed by atoms with E-state index in [1.54, 1.807) is 0 Å². The Kier molecular flexibility index (Phi) is 5.31. The summed E-state index contributed by atoms with van der Waals surface area (Å²) in [5.41, 5.74) is 3.86. The minimum absolute atomic E-state index is 0.197. The zero-order valence-electron chi connectivity index (χ0n) is 14.1. The van der Waals surface area contributed by atoms with Crippen molar-refractivity contribution in [2.75, 3.05) is 4.90 Å². The Morgan fingerprint density at radius 3 is 1.73 bits per heavy atom. The minimum Gasteiger partial charge on any atom is -0.480 e. The largest absolute Gasteiger partial charge is 0.480 e. The average Bonchev–Trinajstić information content (AvgIpc) is 2.69. The van der Waals surface area contributed by atoms with Gasteiger partial charge in [0.25, 0.3) is 0 Å². The number of carbonyl (C=O) groups is 1. The van der Waals surface area contributed by atoms with Gasteiger partial charge in [-0.25, -0.2) is 0 Å². The number of hydrogen-bond donors (Lipinski definition) is 1. The van der Waals surface area contributed by atoms with E-state index in [9.17, 15) is 4.79 Å². The molecule has 0 spiro atoms.